The fourth-order valence-corrected chi connectivity index (χ4v) is 3.51. The summed E-state index contributed by atoms with van der Waals surface area (Å²) in [6.07, 6.45) is 4.81. The van der Waals surface area contributed by atoms with Crippen molar-refractivity contribution in [3.05, 3.63) is 17.0 Å². The van der Waals surface area contributed by atoms with Crippen LogP contribution in [0.15, 0.2) is 0 Å². The first kappa shape index (κ1) is 14.6. The van der Waals surface area contributed by atoms with E-state index in [0.717, 1.165) is 24.0 Å². The van der Waals surface area contributed by atoms with Crippen molar-refractivity contribution >= 4 is 0 Å². The number of nitrogens with zero attached hydrogens (tertiary/aromatic N) is 2. The van der Waals surface area contributed by atoms with Crippen LogP contribution in [0.1, 0.15) is 75.5 Å². The molecule has 0 aromatic carbocycles. The monoisotopic (exact) mass is 263 g/mol. The Balaban J connectivity index is 2.26. The van der Waals surface area contributed by atoms with Crippen molar-refractivity contribution < 1.29 is 0 Å². The average Bonchev–Trinajstić information content (AvgIpc) is 2.67. The van der Waals surface area contributed by atoms with Crippen molar-refractivity contribution in [3.8, 4) is 0 Å². The molecular formula is C16H29N3. The minimum Gasteiger partial charge on any atom is -0.324 e. The van der Waals surface area contributed by atoms with E-state index in [1.165, 1.54) is 30.5 Å². The highest BCUT2D eigenvalue weighted by atomic mass is 15.3. The minimum atomic E-state index is 0.133. The molecule has 0 bridgehead atoms. The Morgan fingerprint density at radius 1 is 1.26 bits per heavy atom. The molecule has 2 rings (SSSR count). The standard InChI is InChI=1S/C16H29N3/c1-6-15(17)16-12(4)18-19(13(16)5)14-8-7-10(2)11(3)9-14/h10-11,14-15H,6-9,17H2,1-5H3. The van der Waals surface area contributed by atoms with Crippen molar-refractivity contribution in [2.45, 2.75) is 72.4 Å². The average molecular weight is 263 g/mol. The van der Waals surface area contributed by atoms with Crippen LogP contribution in [0.2, 0.25) is 0 Å². The number of hydrogen-bond acceptors (Lipinski definition) is 2. The zero-order valence-electron chi connectivity index (χ0n) is 13.1. The van der Waals surface area contributed by atoms with E-state index in [1.807, 2.05) is 0 Å². The molecule has 1 aromatic rings. The van der Waals surface area contributed by atoms with Gasteiger partial charge in [-0.3, -0.25) is 4.68 Å². The molecule has 108 valence electrons. The summed E-state index contributed by atoms with van der Waals surface area (Å²) in [5, 5.41) is 4.80. The fourth-order valence-electron chi connectivity index (χ4n) is 3.51. The molecule has 1 aliphatic rings. The first-order valence-corrected chi connectivity index (χ1v) is 7.76. The van der Waals surface area contributed by atoms with Gasteiger partial charge in [-0.1, -0.05) is 20.8 Å². The van der Waals surface area contributed by atoms with Gasteiger partial charge in [0, 0.05) is 17.3 Å². The van der Waals surface area contributed by atoms with Crippen LogP contribution in [0, 0.1) is 25.7 Å². The normalized spacial score (nSPS) is 29.5. The molecule has 2 N–H and O–H groups in total. The van der Waals surface area contributed by atoms with Crippen LogP contribution in [0.5, 0.6) is 0 Å². The maximum absolute atomic E-state index is 6.23. The van der Waals surface area contributed by atoms with Gasteiger partial charge in [-0.2, -0.15) is 5.10 Å². The molecule has 1 aliphatic carbocycles. The van der Waals surface area contributed by atoms with Gasteiger partial charge in [0.05, 0.1) is 11.7 Å². The second kappa shape index (κ2) is 5.66. The first-order chi connectivity index (χ1) is 8.95. The van der Waals surface area contributed by atoms with E-state index in [0.29, 0.717) is 6.04 Å². The number of aromatic nitrogens is 2. The van der Waals surface area contributed by atoms with Gasteiger partial charge in [-0.05, 0) is 51.4 Å². The van der Waals surface area contributed by atoms with E-state index >= 15 is 0 Å². The Bertz CT molecular complexity index is 435. The predicted octanol–water partition coefficient (Wildman–Crippen LogP) is 3.91. The molecule has 3 nitrogen and oxygen atoms in total. The summed E-state index contributed by atoms with van der Waals surface area (Å²) < 4.78 is 2.27. The van der Waals surface area contributed by atoms with Gasteiger partial charge in [0.1, 0.15) is 0 Å². The lowest BCUT2D eigenvalue weighted by Crippen LogP contribution is -2.25. The van der Waals surface area contributed by atoms with Crippen molar-refractivity contribution in [3.63, 3.8) is 0 Å². The molecule has 3 heteroatoms. The van der Waals surface area contributed by atoms with E-state index in [9.17, 15) is 0 Å². The Hall–Kier alpha value is -0.830. The summed E-state index contributed by atoms with van der Waals surface area (Å²) >= 11 is 0. The quantitative estimate of drug-likeness (QED) is 0.898. The molecule has 19 heavy (non-hydrogen) atoms. The van der Waals surface area contributed by atoms with Gasteiger partial charge in [-0.25, -0.2) is 0 Å². The van der Waals surface area contributed by atoms with Crippen molar-refractivity contribution in [1.29, 1.82) is 0 Å². The summed E-state index contributed by atoms with van der Waals surface area (Å²) in [7, 11) is 0. The van der Waals surface area contributed by atoms with Crippen molar-refractivity contribution in [1.82, 2.24) is 9.78 Å². The summed E-state index contributed by atoms with van der Waals surface area (Å²) in [6, 6.07) is 0.705. The van der Waals surface area contributed by atoms with Gasteiger partial charge in [0.2, 0.25) is 0 Å². The third-order valence-electron chi connectivity index (χ3n) is 5.11. The zero-order chi connectivity index (χ0) is 14.2. The smallest absolute Gasteiger partial charge is 0.0644 e. The second-order valence-corrected chi connectivity index (χ2v) is 6.47. The molecule has 1 saturated carbocycles. The molecule has 1 aromatic heterocycles. The second-order valence-electron chi connectivity index (χ2n) is 6.47. The van der Waals surface area contributed by atoms with Gasteiger partial charge in [0.15, 0.2) is 0 Å². The van der Waals surface area contributed by atoms with Crippen LogP contribution in [-0.2, 0) is 0 Å². The molecule has 0 spiro atoms. The van der Waals surface area contributed by atoms with E-state index < -0.39 is 0 Å². The summed E-state index contributed by atoms with van der Waals surface area (Å²) in [4.78, 5) is 0. The maximum atomic E-state index is 6.23. The molecule has 0 aliphatic heterocycles. The van der Waals surface area contributed by atoms with Crippen LogP contribution >= 0.6 is 0 Å². The Kier molecular flexibility index (Phi) is 4.34. The highest BCUT2D eigenvalue weighted by molar-refractivity contribution is 5.28. The minimum absolute atomic E-state index is 0.133. The maximum Gasteiger partial charge on any atom is 0.0644 e. The number of rotatable bonds is 3. The SMILES string of the molecule is CCC(N)c1c(C)nn(C2CCC(C)C(C)C2)c1C. The molecule has 4 atom stereocenters. The first-order valence-electron chi connectivity index (χ1n) is 7.76. The van der Waals surface area contributed by atoms with Crippen LogP contribution < -0.4 is 5.73 Å². The number of aryl methyl sites for hydroxylation is 1. The highest BCUT2D eigenvalue weighted by Crippen LogP contribution is 2.37. The summed E-state index contributed by atoms with van der Waals surface area (Å²) in [6.45, 7) is 11.2. The Labute approximate surface area is 117 Å². The van der Waals surface area contributed by atoms with Crippen molar-refractivity contribution in [2.75, 3.05) is 0 Å². The van der Waals surface area contributed by atoms with Crippen LogP contribution in [0.25, 0.3) is 0 Å². The van der Waals surface area contributed by atoms with Gasteiger partial charge < -0.3 is 5.73 Å². The molecule has 0 amide bonds. The lowest BCUT2D eigenvalue weighted by molar-refractivity contribution is 0.198. The number of nitrogens with two attached hydrogens (primary N) is 1. The lowest BCUT2D eigenvalue weighted by atomic mass is 9.79. The third-order valence-corrected chi connectivity index (χ3v) is 5.11. The summed E-state index contributed by atoms with van der Waals surface area (Å²) in [5.74, 6) is 1.65. The molecule has 0 saturated heterocycles. The van der Waals surface area contributed by atoms with Crippen LogP contribution in [0.4, 0.5) is 0 Å². The van der Waals surface area contributed by atoms with E-state index in [-0.39, 0.29) is 6.04 Å². The predicted molar refractivity (Wildman–Crippen MR) is 80.1 cm³/mol. The summed E-state index contributed by atoms with van der Waals surface area (Å²) in [5.41, 5.74) is 9.92. The topological polar surface area (TPSA) is 43.8 Å². The molecule has 1 fully saturated rings. The highest BCUT2D eigenvalue weighted by Gasteiger charge is 2.28. The lowest BCUT2D eigenvalue weighted by Gasteiger charge is -2.32. The van der Waals surface area contributed by atoms with Gasteiger partial charge in [-0.15, -0.1) is 0 Å². The van der Waals surface area contributed by atoms with E-state index in [2.05, 4.69) is 39.3 Å². The molecule has 4 unspecified atom stereocenters. The Morgan fingerprint density at radius 2 is 1.95 bits per heavy atom. The van der Waals surface area contributed by atoms with Gasteiger partial charge >= 0.3 is 0 Å². The molecular weight excluding hydrogens is 234 g/mol. The van der Waals surface area contributed by atoms with Gasteiger partial charge in [0.25, 0.3) is 0 Å². The molecule has 1 heterocycles. The van der Waals surface area contributed by atoms with E-state index in [4.69, 9.17) is 10.8 Å². The zero-order valence-corrected chi connectivity index (χ0v) is 13.1. The number of hydrogen-bond donors (Lipinski definition) is 1. The van der Waals surface area contributed by atoms with E-state index in [1.54, 1.807) is 0 Å². The Morgan fingerprint density at radius 3 is 2.53 bits per heavy atom. The van der Waals surface area contributed by atoms with Crippen LogP contribution in [-0.4, -0.2) is 9.78 Å². The van der Waals surface area contributed by atoms with Crippen molar-refractivity contribution in [2.24, 2.45) is 17.6 Å². The largest absolute Gasteiger partial charge is 0.324 e. The fraction of sp³-hybridized carbons (Fsp3) is 0.812. The third kappa shape index (κ3) is 2.71. The van der Waals surface area contributed by atoms with Crippen LogP contribution in [0.3, 0.4) is 0 Å². The molecule has 0 radical (unpaired) electrons.